The van der Waals surface area contributed by atoms with Gasteiger partial charge in [-0.3, -0.25) is 4.79 Å². The summed E-state index contributed by atoms with van der Waals surface area (Å²) in [5.41, 5.74) is -0.472. The van der Waals surface area contributed by atoms with Gasteiger partial charge in [0, 0.05) is 9.50 Å². The van der Waals surface area contributed by atoms with Crippen LogP contribution in [0.15, 0.2) is 40.9 Å². The molecule has 0 aliphatic carbocycles. The second-order valence-corrected chi connectivity index (χ2v) is 6.23. The highest BCUT2D eigenvalue weighted by Gasteiger charge is 2.34. The maximum atomic E-state index is 13.0. The zero-order valence-corrected chi connectivity index (χ0v) is 14.7. The van der Waals surface area contributed by atoms with Crippen LogP contribution in [0.4, 0.5) is 18.9 Å². The zero-order chi connectivity index (χ0) is 17.9. The fraction of sp³-hybridized carbons (Fsp3) is 0.188. The van der Waals surface area contributed by atoms with Crippen molar-refractivity contribution >= 4 is 39.1 Å². The lowest BCUT2D eigenvalue weighted by Gasteiger charge is -2.14. The number of amides is 1. The molecule has 3 nitrogen and oxygen atoms in total. The summed E-state index contributed by atoms with van der Waals surface area (Å²) in [6, 6.07) is 8.24. The van der Waals surface area contributed by atoms with Crippen LogP contribution < -0.4 is 10.1 Å². The molecule has 0 atom stereocenters. The molecule has 0 heterocycles. The molecule has 0 spiro atoms. The summed E-state index contributed by atoms with van der Waals surface area (Å²) in [4.78, 5) is 11.9. The lowest BCUT2D eigenvalue weighted by molar-refractivity contribution is -0.137. The number of halogens is 5. The summed E-state index contributed by atoms with van der Waals surface area (Å²) >= 11 is 8.92. The average molecular weight is 423 g/mol. The third kappa shape index (κ3) is 4.88. The van der Waals surface area contributed by atoms with Crippen LogP contribution in [-0.2, 0) is 11.0 Å². The molecule has 0 aromatic heterocycles. The minimum absolute atomic E-state index is 0.0677. The zero-order valence-electron chi connectivity index (χ0n) is 12.4. The molecule has 24 heavy (non-hydrogen) atoms. The van der Waals surface area contributed by atoms with Crippen molar-refractivity contribution in [2.45, 2.75) is 13.1 Å². The van der Waals surface area contributed by atoms with Crippen molar-refractivity contribution < 1.29 is 22.7 Å². The molecule has 0 fully saturated rings. The minimum atomic E-state index is -4.63. The molecule has 1 N–H and O–H groups in total. The van der Waals surface area contributed by atoms with Crippen LogP contribution in [0.5, 0.6) is 5.75 Å². The van der Waals surface area contributed by atoms with Gasteiger partial charge in [-0.1, -0.05) is 27.5 Å². The molecule has 2 aromatic carbocycles. The molecule has 2 rings (SSSR count). The van der Waals surface area contributed by atoms with Crippen LogP contribution in [-0.4, -0.2) is 12.5 Å². The monoisotopic (exact) mass is 421 g/mol. The summed E-state index contributed by atoms with van der Waals surface area (Å²) < 4.78 is 45.1. The fourth-order valence-corrected chi connectivity index (χ4v) is 2.32. The maximum Gasteiger partial charge on any atom is 0.418 e. The van der Waals surface area contributed by atoms with Gasteiger partial charge < -0.3 is 10.1 Å². The Kier molecular flexibility index (Phi) is 5.77. The first-order valence-electron chi connectivity index (χ1n) is 6.72. The van der Waals surface area contributed by atoms with Gasteiger partial charge in [0.15, 0.2) is 6.61 Å². The van der Waals surface area contributed by atoms with Crippen molar-refractivity contribution in [1.29, 1.82) is 0 Å². The topological polar surface area (TPSA) is 38.3 Å². The van der Waals surface area contributed by atoms with Crippen LogP contribution in [0.25, 0.3) is 0 Å². The van der Waals surface area contributed by atoms with Crippen molar-refractivity contribution in [3.63, 3.8) is 0 Å². The molecule has 0 unspecified atom stereocenters. The van der Waals surface area contributed by atoms with Crippen LogP contribution in [0.2, 0.25) is 5.02 Å². The number of ether oxygens (including phenoxy) is 1. The smallest absolute Gasteiger partial charge is 0.418 e. The summed E-state index contributed by atoms with van der Waals surface area (Å²) in [6.07, 6.45) is -4.63. The van der Waals surface area contributed by atoms with Crippen LogP contribution in [0.3, 0.4) is 0 Å². The highest BCUT2D eigenvalue weighted by atomic mass is 79.9. The summed E-state index contributed by atoms with van der Waals surface area (Å²) in [7, 11) is 0. The third-order valence-corrected chi connectivity index (χ3v) is 4.19. The molecular formula is C16H12BrClF3NO2. The lowest BCUT2D eigenvalue weighted by atomic mass is 10.1. The van der Waals surface area contributed by atoms with E-state index in [-0.39, 0.29) is 10.7 Å². The number of hydrogen-bond donors (Lipinski definition) is 1. The number of hydrogen-bond acceptors (Lipinski definition) is 2. The van der Waals surface area contributed by atoms with Crippen molar-refractivity contribution in [3.05, 3.63) is 57.0 Å². The Bertz CT molecular complexity index is 765. The van der Waals surface area contributed by atoms with Gasteiger partial charge >= 0.3 is 6.18 Å². The standard InChI is InChI=1S/C16H12BrClF3NO2/c1-9-6-11(3-4-13(9)17)24-8-15(23)22-14-5-2-10(18)7-12(14)16(19,20)21/h2-7H,8H2,1H3,(H,22,23). The van der Waals surface area contributed by atoms with Gasteiger partial charge in [-0.2, -0.15) is 13.2 Å². The Morgan fingerprint density at radius 3 is 2.58 bits per heavy atom. The van der Waals surface area contributed by atoms with E-state index in [0.717, 1.165) is 22.2 Å². The average Bonchev–Trinajstić information content (AvgIpc) is 2.49. The van der Waals surface area contributed by atoms with Crippen molar-refractivity contribution in [1.82, 2.24) is 0 Å². The molecule has 1 amide bonds. The van der Waals surface area contributed by atoms with Crippen LogP contribution in [0.1, 0.15) is 11.1 Å². The Morgan fingerprint density at radius 2 is 1.96 bits per heavy atom. The highest BCUT2D eigenvalue weighted by Crippen LogP contribution is 2.36. The number of carbonyl (C=O) groups is 1. The normalized spacial score (nSPS) is 11.2. The van der Waals surface area contributed by atoms with Crippen LogP contribution in [0, 0.1) is 6.92 Å². The molecule has 0 bridgehead atoms. The van der Waals surface area contributed by atoms with Gasteiger partial charge in [0.2, 0.25) is 0 Å². The molecule has 0 radical (unpaired) electrons. The number of aryl methyl sites for hydroxylation is 1. The van der Waals surface area contributed by atoms with Gasteiger partial charge in [0.1, 0.15) is 5.75 Å². The van der Waals surface area contributed by atoms with E-state index in [1.54, 1.807) is 18.2 Å². The first-order valence-corrected chi connectivity index (χ1v) is 7.89. The predicted molar refractivity (Wildman–Crippen MR) is 89.5 cm³/mol. The number of alkyl halides is 3. The van der Waals surface area contributed by atoms with E-state index in [9.17, 15) is 18.0 Å². The first-order chi connectivity index (χ1) is 11.2. The Morgan fingerprint density at radius 1 is 1.25 bits per heavy atom. The van der Waals surface area contributed by atoms with Gasteiger partial charge in [0.05, 0.1) is 11.3 Å². The summed E-state index contributed by atoms with van der Waals surface area (Å²) in [5.74, 6) is -0.263. The first kappa shape index (κ1) is 18.6. The molecule has 0 saturated carbocycles. The van der Waals surface area contributed by atoms with Gasteiger partial charge in [-0.25, -0.2) is 0 Å². The molecular weight excluding hydrogens is 411 g/mol. The van der Waals surface area contributed by atoms with Crippen molar-refractivity contribution in [2.24, 2.45) is 0 Å². The molecule has 0 aliphatic heterocycles. The van der Waals surface area contributed by atoms with Crippen LogP contribution >= 0.6 is 27.5 Å². The van der Waals surface area contributed by atoms with E-state index in [0.29, 0.717) is 5.75 Å². The molecule has 8 heteroatoms. The summed E-state index contributed by atoms with van der Waals surface area (Å²) in [6.45, 7) is 1.43. The largest absolute Gasteiger partial charge is 0.484 e. The lowest BCUT2D eigenvalue weighted by Crippen LogP contribution is -2.22. The van der Waals surface area contributed by atoms with Gasteiger partial charge in [-0.15, -0.1) is 0 Å². The van der Waals surface area contributed by atoms with E-state index >= 15 is 0 Å². The maximum absolute atomic E-state index is 13.0. The minimum Gasteiger partial charge on any atom is -0.484 e. The fourth-order valence-electron chi connectivity index (χ4n) is 1.90. The quantitative estimate of drug-likeness (QED) is 0.712. The van der Waals surface area contributed by atoms with E-state index in [2.05, 4.69) is 21.2 Å². The Hall–Kier alpha value is -1.73. The third-order valence-electron chi connectivity index (χ3n) is 3.06. The molecule has 2 aromatic rings. The molecule has 0 aliphatic rings. The molecule has 128 valence electrons. The number of anilines is 1. The van der Waals surface area contributed by atoms with Crippen molar-refractivity contribution in [2.75, 3.05) is 11.9 Å². The van der Waals surface area contributed by atoms with E-state index in [1.165, 1.54) is 6.07 Å². The SMILES string of the molecule is Cc1cc(OCC(=O)Nc2ccc(Cl)cc2C(F)(F)F)ccc1Br. The second kappa shape index (κ2) is 7.44. The Balaban J connectivity index is 2.06. The van der Waals surface area contributed by atoms with E-state index in [1.807, 2.05) is 6.92 Å². The summed E-state index contributed by atoms with van der Waals surface area (Å²) in [5, 5.41) is 2.12. The predicted octanol–water partition coefficient (Wildman–Crippen LogP) is 5.45. The van der Waals surface area contributed by atoms with Crippen molar-refractivity contribution in [3.8, 4) is 5.75 Å². The van der Waals surface area contributed by atoms with Gasteiger partial charge in [0.25, 0.3) is 5.91 Å². The number of nitrogens with one attached hydrogen (secondary N) is 1. The number of carbonyl (C=O) groups excluding carboxylic acids is 1. The Labute approximate surface area is 149 Å². The second-order valence-electron chi connectivity index (χ2n) is 4.94. The number of benzene rings is 2. The molecule has 0 saturated heterocycles. The highest BCUT2D eigenvalue weighted by molar-refractivity contribution is 9.10. The number of rotatable bonds is 4. The van der Waals surface area contributed by atoms with E-state index < -0.39 is 24.3 Å². The van der Waals surface area contributed by atoms with Gasteiger partial charge in [-0.05, 0) is 48.9 Å². The van der Waals surface area contributed by atoms with E-state index in [4.69, 9.17) is 16.3 Å².